The second-order valence-electron chi connectivity index (χ2n) is 4.14. The number of alkyl halides is 6. The molecule has 0 unspecified atom stereocenters. The Morgan fingerprint density at radius 3 is 1.86 bits per heavy atom. The highest BCUT2D eigenvalue weighted by molar-refractivity contribution is 6.37. The highest BCUT2D eigenvalue weighted by Gasteiger charge is 2.39. The number of halogens is 8. The molecule has 1 aromatic carbocycles. The summed E-state index contributed by atoms with van der Waals surface area (Å²) in [5, 5.41) is 2.10. The summed E-state index contributed by atoms with van der Waals surface area (Å²) in [4.78, 5) is 0. The Balaban J connectivity index is 2.71. The molecule has 0 spiro atoms. The van der Waals surface area contributed by atoms with Crippen LogP contribution in [-0.2, 0) is 12.4 Å². The van der Waals surface area contributed by atoms with E-state index in [2.05, 4.69) is 5.10 Å². The zero-order valence-electron chi connectivity index (χ0n) is 10.2. The van der Waals surface area contributed by atoms with Gasteiger partial charge in [0.05, 0.1) is 27.5 Å². The van der Waals surface area contributed by atoms with E-state index < -0.39 is 45.0 Å². The quantitative estimate of drug-likeness (QED) is 0.739. The van der Waals surface area contributed by atoms with Crippen molar-refractivity contribution >= 4 is 28.9 Å². The number of benzene rings is 1. The normalized spacial score (nSPS) is 12.7. The molecular formula is C11H5Cl2F6N3. The number of rotatable bonds is 1. The van der Waals surface area contributed by atoms with Crippen LogP contribution in [0.25, 0.3) is 5.69 Å². The molecule has 0 fully saturated rings. The van der Waals surface area contributed by atoms with E-state index >= 15 is 0 Å². The predicted octanol–water partition coefficient (Wildman–Crippen LogP) is 4.80. The molecule has 0 amide bonds. The topological polar surface area (TPSA) is 43.8 Å². The fourth-order valence-corrected chi connectivity index (χ4v) is 2.39. The second-order valence-corrected chi connectivity index (χ2v) is 4.96. The van der Waals surface area contributed by atoms with Crippen molar-refractivity contribution in [1.82, 2.24) is 9.78 Å². The third-order valence-electron chi connectivity index (χ3n) is 2.62. The zero-order valence-corrected chi connectivity index (χ0v) is 11.7. The van der Waals surface area contributed by atoms with Gasteiger partial charge < -0.3 is 5.73 Å². The maximum absolute atomic E-state index is 13.0. The van der Waals surface area contributed by atoms with Crippen LogP contribution in [0, 0.1) is 0 Å². The Kier molecular flexibility index (Phi) is 3.99. The number of nitrogen functional groups attached to an aromatic ring is 1. The molecule has 0 aliphatic heterocycles. The lowest BCUT2D eigenvalue weighted by Gasteiger charge is -2.15. The molecule has 1 aromatic heterocycles. The summed E-state index contributed by atoms with van der Waals surface area (Å²) in [5.41, 5.74) is 1.37. The zero-order chi connectivity index (χ0) is 16.9. The van der Waals surface area contributed by atoms with Crippen LogP contribution in [0.15, 0.2) is 18.3 Å². The van der Waals surface area contributed by atoms with Gasteiger partial charge in [-0.2, -0.15) is 31.4 Å². The lowest BCUT2D eigenvalue weighted by molar-refractivity contribution is -0.142. The molecule has 2 N–H and O–H groups in total. The first-order valence-corrected chi connectivity index (χ1v) is 6.16. The first kappa shape index (κ1) is 16.8. The molecule has 0 radical (unpaired) electrons. The summed E-state index contributed by atoms with van der Waals surface area (Å²) in [6.07, 6.45) is -8.94. The van der Waals surface area contributed by atoms with E-state index in [0.717, 1.165) is 0 Å². The van der Waals surface area contributed by atoms with Crippen molar-refractivity contribution in [2.75, 3.05) is 5.73 Å². The van der Waals surface area contributed by atoms with E-state index in [-0.39, 0.29) is 4.68 Å². The van der Waals surface area contributed by atoms with E-state index in [0.29, 0.717) is 18.3 Å². The lowest BCUT2D eigenvalue weighted by atomic mass is 10.2. The Hall–Kier alpha value is -1.61. The maximum Gasteiger partial charge on any atom is 0.435 e. The first-order valence-electron chi connectivity index (χ1n) is 5.40. The molecule has 0 aliphatic rings. The summed E-state index contributed by atoms with van der Waals surface area (Å²) in [5.74, 6) is 0. The number of aromatic nitrogens is 2. The van der Waals surface area contributed by atoms with Crippen molar-refractivity contribution in [3.8, 4) is 5.69 Å². The third kappa shape index (κ3) is 2.95. The van der Waals surface area contributed by atoms with Gasteiger partial charge in [-0.05, 0) is 12.1 Å². The Labute approximate surface area is 129 Å². The number of nitrogens with zero attached hydrogens (tertiary/aromatic N) is 2. The van der Waals surface area contributed by atoms with Gasteiger partial charge in [0, 0.05) is 0 Å². The summed E-state index contributed by atoms with van der Waals surface area (Å²) >= 11 is 11.3. The fraction of sp³-hybridized carbons (Fsp3) is 0.182. The van der Waals surface area contributed by atoms with Gasteiger partial charge >= 0.3 is 12.4 Å². The van der Waals surface area contributed by atoms with Gasteiger partial charge in [-0.15, -0.1) is 0 Å². The van der Waals surface area contributed by atoms with Crippen LogP contribution in [0.4, 0.5) is 32.0 Å². The van der Waals surface area contributed by atoms with Gasteiger partial charge in [0.25, 0.3) is 0 Å². The number of hydrogen-bond acceptors (Lipinski definition) is 2. The Morgan fingerprint density at radius 1 is 0.955 bits per heavy atom. The van der Waals surface area contributed by atoms with Gasteiger partial charge in [0.1, 0.15) is 5.69 Å². The molecule has 22 heavy (non-hydrogen) atoms. The van der Waals surface area contributed by atoms with Gasteiger partial charge in [-0.1, -0.05) is 23.2 Å². The van der Waals surface area contributed by atoms with E-state index in [1.165, 1.54) is 0 Å². The molecule has 11 heteroatoms. The summed E-state index contributed by atoms with van der Waals surface area (Å²) < 4.78 is 77.0. The van der Waals surface area contributed by atoms with Crippen LogP contribution in [0.5, 0.6) is 0 Å². The van der Waals surface area contributed by atoms with Crippen LogP contribution < -0.4 is 5.73 Å². The molecule has 2 aromatic rings. The molecule has 0 bridgehead atoms. The number of anilines is 1. The average molecular weight is 364 g/mol. The van der Waals surface area contributed by atoms with Crippen molar-refractivity contribution < 1.29 is 26.3 Å². The van der Waals surface area contributed by atoms with E-state index in [1.807, 2.05) is 0 Å². The van der Waals surface area contributed by atoms with E-state index in [9.17, 15) is 26.3 Å². The number of hydrogen-bond donors (Lipinski definition) is 1. The molecule has 0 atom stereocenters. The summed E-state index contributed by atoms with van der Waals surface area (Å²) in [7, 11) is 0. The molecule has 0 saturated carbocycles. The maximum atomic E-state index is 13.0. The lowest BCUT2D eigenvalue weighted by Crippen LogP contribution is -2.16. The van der Waals surface area contributed by atoms with Crippen molar-refractivity contribution in [1.29, 1.82) is 0 Å². The smallest absolute Gasteiger partial charge is 0.396 e. The van der Waals surface area contributed by atoms with Crippen LogP contribution in [-0.4, -0.2) is 9.78 Å². The van der Waals surface area contributed by atoms with Crippen LogP contribution in [0.3, 0.4) is 0 Å². The van der Waals surface area contributed by atoms with E-state index in [1.54, 1.807) is 0 Å². The van der Waals surface area contributed by atoms with Gasteiger partial charge in [-0.3, -0.25) is 0 Å². The summed E-state index contributed by atoms with van der Waals surface area (Å²) in [6, 6.07) is 0.918. The van der Waals surface area contributed by atoms with E-state index in [4.69, 9.17) is 28.9 Å². The molecule has 1 heterocycles. The monoisotopic (exact) mass is 363 g/mol. The van der Waals surface area contributed by atoms with Gasteiger partial charge in [0.2, 0.25) is 0 Å². The Bertz CT molecular complexity index is 697. The fourth-order valence-electron chi connectivity index (χ4n) is 1.75. The van der Waals surface area contributed by atoms with Gasteiger partial charge in [0.15, 0.2) is 5.69 Å². The van der Waals surface area contributed by atoms with Crippen LogP contribution in [0.1, 0.15) is 11.3 Å². The number of nitrogens with two attached hydrogens (primary N) is 1. The molecule has 120 valence electrons. The Morgan fingerprint density at radius 2 is 1.45 bits per heavy atom. The largest absolute Gasteiger partial charge is 0.435 e. The van der Waals surface area contributed by atoms with Gasteiger partial charge in [-0.25, -0.2) is 4.68 Å². The summed E-state index contributed by atoms with van der Waals surface area (Å²) in [6.45, 7) is 0. The van der Waals surface area contributed by atoms with Crippen molar-refractivity contribution in [3.05, 3.63) is 39.6 Å². The highest BCUT2D eigenvalue weighted by atomic mass is 35.5. The first-order chi connectivity index (χ1) is 9.93. The standard InChI is InChI=1S/C11H5Cl2F6N3/c12-5-1-4(10(14,15)16)2-6(13)8(5)22-9(11(17,18)19)7(20)3-21-22/h1-3H,20H2. The van der Waals surface area contributed by atoms with Crippen LogP contribution >= 0.6 is 23.2 Å². The molecule has 0 aliphatic carbocycles. The van der Waals surface area contributed by atoms with Crippen molar-refractivity contribution in [3.63, 3.8) is 0 Å². The molecule has 0 saturated heterocycles. The SMILES string of the molecule is Nc1cnn(-c2c(Cl)cc(C(F)(F)F)cc2Cl)c1C(F)(F)F. The van der Waals surface area contributed by atoms with Crippen molar-refractivity contribution in [2.24, 2.45) is 0 Å². The molecular weight excluding hydrogens is 359 g/mol. The minimum absolute atomic E-state index is 0.264. The minimum atomic E-state index is -4.89. The molecule has 3 nitrogen and oxygen atoms in total. The average Bonchev–Trinajstić information content (AvgIpc) is 2.68. The molecule has 2 rings (SSSR count). The highest BCUT2D eigenvalue weighted by Crippen LogP contribution is 2.41. The van der Waals surface area contributed by atoms with Crippen LogP contribution in [0.2, 0.25) is 10.0 Å². The second kappa shape index (κ2) is 5.24. The third-order valence-corrected chi connectivity index (χ3v) is 3.20. The van der Waals surface area contributed by atoms with Crippen molar-refractivity contribution in [2.45, 2.75) is 12.4 Å². The minimum Gasteiger partial charge on any atom is -0.396 e. The predicted molar refractivity (Wildman–Crippen MR) is 68.0 cm³/mol.